The molecule has 0 saturated carbocycles. The average molecular weight is 409 g/mol. The van der Waals surface area contributed by atoms with Crippen LogP contribution in [0.2, 0.25) is 0 Å². The highest BCUT2D eigenvalue weighted by molar-refractivity contribution is 6.09. The fourth-order valence-corrected chi connectivity index (χ4v) is 3.16. The lowest BCUT2D eigenvalue weighted by molar-refractivity contribution is -0.136. The predicted molar refractivity (Wildman–Crippen MR) is 112 cm³/mol. The van der Waals surface area contributed by atoms with Gasteiger partial charge in [-0.25, -0.2) is 4.79 Å². The first-order valence-corrected chi connectivity index (χ1v) is 9.39. The lowest BCUT2D eigenvalue weighted by Crippen LogP contribution is -2.31. The maximum absolute atomic E-state index is 12.6. The van der Waals surface area contributed by atoms with Crippen molar-refractivity contribution in [1.29, 1.82) is 0 Å². The summed E-state index contributed by atoms with van der Waals surface area (Å²) in [6.07, 6.45) is 0. The minimum atomic E-state index is -0.625. The number of esters is 1. The molecule has 0 unspecified atom stereocenters. The molecule has 1 heterocycles. The number of ether oxygens (including phenoxy) is 1. The van der Waals surface area contributed by atoms with Crippen LogP contribution in [0.15, 0.2) is 59.8 Å². The first kappa shape index (κ1) is 21.1. The Kier molecular flexibility index (Phi) is 6.48. The Morgan fingerprint density at radius 3 is 2.57 bits per heavy atom. The van der Waals surface area contributed by atoms with Crippen LogP contribution in [0.25, 0.3) is 0 Å². The number of anilines is 2. The molecular formula is C22H23N3O5. The molecule has 0 aliphatic carbocycles. The predicted octanol–water partition coefficient (Wildman–Crippen LogP) is 1.92. The molecule has 2 aromatic rings. The van der Waals surface area contributed by atoms with Crippen LogP contribution in [0, 0.1) is 6.92 Å². The summed E-state index contributed by atoms with van der Waals surface area (Å²) in [5.41, 5.74) is 2.82. The van der Waals surface area contributed by atoms with E-state index in [9.17, 15) is 14.4 Å². The summed E-state index contributed by atoms with van der Waals surface area (Å²) in [5.74, 6) is -1.34. The molecule has 3 rings (SSSR count). The van der Waals surface area contributed by atoms with E-state index in [0.717, 1.165) is 5.56 Å². The van der Waals surface area contributed by atoms with E-state index in [2.05, 4.69) is 10.6 Å². The number of carbonyl (C=O) groups excluding carboxylic acids is 3. The number of aliphatic hydroxyl groups excluding tert-OH is 1. The monoisotopic (exact) mass is 409 g/mol. The number of benzene rings is 2. The van der Waals surface area contributed by atoms with Gasteiger partial charge in [-0.05, 0) is 42.8 Å². The Morgan fingerprint density at radius 1 is 1.13 bits per heavy atom. The largest absolute Gasteiger partial charge is 0.466 e. The highest BCUT2D eigenvalue weighted by Gasteiger charge is 2.34. The van der Waals surface area contributed by atoms with Gasteiger partial charge in [0.25, 0.3) is 11.8 Å². The Morgan fingerprint density at radius 2 is 1.87 bits per heavy atom. The first-order chi connectivity index (χ1) is 14.4. The van der Waals surface area contributed by atoms with Gasteiger partial charge < -0.3 is 25.4 Å². The number of aliphatic hydroxyl groups is 1. The molecule has 1 aliphatic rings. The summed E-state index contributed by atoms with van der Waals surface area (Å²) in [5, 5.41) is 14.9. The van der Waals surface area contributed by atoms with E-state index in [1.807, 2.05) is 25.1 Å². The van der Waals surface area contributed by atoms with Crippen molar-refractivity contribution in [3.8, 4) is 0 Å². The van der Waals surface area contributed by atoms with Crippen molar-refractivity contribution in [3.63, 3.8) is 0 Å². The second-order valence-corrected chi connectivity index (χ2v) is 6.82. The van der Waals surface area contributed by atoms with Crippen LogP contribution in [0.4, 0.5) is 11.4 Å². The van der Waals surface area contributed by atoms with E-state index in [0.29, 0.717) is 16.9 Å². The van der Waals surface area contributed by atoms with Gasteiger partial charge in [0.05, 0.1) is 25.8 Å². The molecule has 30 heavy (non-hydrogen) atoms. The first-order valence-electron chi connectivity index (χ1n) is 9.39. The zero-order valence-electron chi connectivity index (χ0n) is 16.8. The third-order valence-electron chi connectivity index (χ3n) is 4.62. The van der Waals surface area contributed by atoms with Gasteiger partial charge in [0.15, 0.2) is 0 Å². The van der Waals surface area contributed by atoms with Crippen LogP contribution in [-0.4, -0.2) is 54.6 Å². The highest BCUT2D eigenvalue weighted by Crippen LogP contribution is 2.23. The molecule has 0 radical (unpaired) electrons. The van der Waals surface area contributed by atoms with Crippen molar-refractivity contribution >= 4 is 29.2 Å². The summed E-state index contributed by atoms with van der Waals surface area (Å²) < 4.78 is 4.77. The second kappa shape index (κ2) is 9.23. The number of hydrogen-bond acceptors (Lipinski definition) is 6. The van der Waals surface area contributed by atoms with Gasteiger partial charge in [0.2, 0.25) is 0 Å². The van der Waals surface area contributed by atoms with Crippen molar-refractivity contribution in [3.05, 3.63) is 70.9 Å². The quantitative estimate of drug-likeness (QED) is 0.603. The number of aryl methyl sites for hydroxylation is 1. The molecule has 0 saturated heterocycles. The van der Waals surface area contributed by atoms with Crippen LogP contribution in [0.1, 0.15) is 15.9 Å². The number of amides is 2. The molecule has 0 atom stereocenters. The van der Waals surface area contributed by atoms with Crippen molar-refractivity contribution in [1.82, 2.24) is 4.90 Å². The van der Waals surface area contributed by atoms with Gasteiger partial charge in [-0.15, -0.1) is 0 Å². The minimum absolute atomic E-state index is 0.0436. The summed E-state index contributed by atoms with van der Waals surface area (Å²) in [6, 6.07) is 14.1. The maximum atomic E-state index is 12.6. The second-order valence-electron chi connectivity index (χ2n) is 6.82. The molecule has 2 amide bonds. The standard InChI is InChI=1S/C22H23N3O5/c1-14-5-3-7-16(11-14)24-20(27)15-6-4-8-17(12-15)23-19-18(22(29)30-2)13-25(9-10-26)21(19)28/h3-8,11-12,23,26H,9-10,13H2,1-2H3,(H,24,27). The number of methoxy groups -OCH3 is 1. The molecule has 2 aromatic carbocycles. The third-order valence-corrected chi connectivity index (χ3v) is 4.62. The van der Waals surface area contributed by atoms with Crippen LogP contribution < -0.4 is 10.6 Å². The highest BCUT2D eigenvalue weighted by atomic mass is 16.5. The van der Waals surface area contributed by atoms with E-state index < -0.39 is 11.9 Å². The summed E-state index contributed by atoms with van der Waals surface area (Å²) in [4.78, 5) is 38.7. The molecule has 8 heteroatoms. The van der Waals surface area contributed by atoms with Crippen LogP contribution in [0.3, 0.4) is 0 Å². The van der Waals surface area contributed by atoms with Crippen molar-refractivity contribution in [2.45, 2.75) is 6.92 Å². The van der Waals surface area contributed by atoms with Gasteiger partial charge >= 0.3 is 5.97 Å². The Labute approximate surface area is 174 Å². The average Bonchev–Trinajstić information content (AvgIpc) is 3.03. The molecule has 0 bridgehead atoms. The SMILES string of the molecule is COC(=O)C1=C(Nc2cccc(C(=O)Nc3cccc(C)c3)c2)C(=O)N(CCO)C1. The zero-order valence-corrected chi connectivity index (χ0v) is 16.8. The number of β-amino-alcohol motifs (C(OH)–C–C–N with tert-alkyl or cyclic N) is 1. The number of nitrogens with one attached hydrogen (secondary N) is 2. The normalized spacial score (nSPS) is 13.4. The smallest absolute Gasteiger partial charge is 0.337 e. The fraction of sp³-hybridized carbons (Fsp3) is 0.227. The van der Waals surface area contributed by atoms with E-state index in [1.165, 1.54) is 12.0 Å². The Hall–Kier alpha value is -3.65. The van der Waals surface area contributed by atoms with Gasteiger partial charge in [-0.1, -0.05) is 18.2 Å². The maximum Gasteiger partial charge on any atom is 0.337 e. The van der Waals surface area contributed by atoms with Gasteiger partial charge in [-0.3, -0.25) is 9.59 Å². The van der Waals surface area contributed by atoms with Crippen molar-refractivity contribution in [2.24, 2.45) is 0 Å². The molecule has 3 N–H and O–H groups in total. The number of hydrogen-bond donors (Lipinski definition) is 3. The van der Waals surface area contributed by atoms with Crippen LogP contribution in [-0.2, 0) is 14.3 Å². The Balaban J connectivity index is 1.82. The summed E-state index contributed by atoms with van der Waals surface area (Å²) in [7, 11) is 1.24. The van der Waals surface area contributed by atoms with Crippen molar-refractivity contribution in [2.75, 3.05) is 37.4 Å². The molecule has 0 fully saturated rings. The van der Waals surface area contributed by atoms with Crippen LogP contribution >= 0.6 is 0 Å². The molecule has 0 aromatic heterocycles. The van der Waals surface area contributed by atoms with Gasteiger partial charge in [0, 0.05) is 23.5 Å². The van der Waals surface area contributed by atoms with E-state index in [1.54, 1.807) is 30.3 Å². The van der Waals surface area contributed by atoms with E-state index >= 15 is 0 Å². The fourth-order valence-electron chi connectivity index (χ4n) is 3.16. The third kappa shape index (κ3) is 4.66. The lowest BCUT2D eigenvalue weighted by Gasteiger charge is -2.15. The minimum Gasteiger partial charge on any atom is -0.466 e. The Bertz CT molecular complexity index is 1020. The van der Waals surface area contributed by atoms with Gasteiger partial charge in [-0.2, -0.15) is 0 Å². The van der Waals surface area contributed by atoms with E-state index in [-0.39, 0.29) is 36.9 Å². The molecule has 1 aliphatic heterocycles. The summed E-state index contributed by atoms with van der Waals surface area (Å²) in [6.45, 7) is 1.86. The number of carbonyl (C=O) groups is 3. The molecule has 156 valence electrons. The number of rotatable bonds is 7. The lowest BCUT2D eigenvalue weighted by atomic mass is 10.1. The molecular weight excluding hydrogens is 386 g/mol. The number of nitrogens with zero attached hydrogens (tertiary/aromatic N) is 1. The zero-order chi connectivity index (χ0) is 21.7. The topological polar surface area (TPSA) is 108 Å². The van der Waals surface area contributed by atoms with Crippen LogP contribution in [0.5, 0.6) is 0 Å². The van der Waals surface area contributed by atoms with Gasteiger partial charge in [0.1, 0.15) is 5.70 Å². The molecule has 8 nitrogen and oxygen atoms in total. The summed E-state index contributed by atoms with van der Waals surface area (Å²) >= 11 is 0. The van der Waals surface area contributed by atoms with Crippen molar-refractivity contribution < 1.29 is 24.2 Å². The molecule has 0 spiro atoms. The van der Waals surface area contributed by atoms with E-state index in [4.69, 9.17) is 9.84 Å².